The highest BCUT2D eigenvalue weighted by Crippen LogP contribution is 2.42. The molecular formula is C17H26FN. The van der Waals surface area contributed by atoms with E-state index >= 15 is 0 Å². The topological polar surface area (TPSA) is 12.0 Å². The van der Waals surface area contributed by atoms with E-state index in [4.69, 9.17) is 0 Å². The van der Waals surface area contributed by atoms with Gasteiger partial charge in [-0.25, -0.2) is 4.39 Å². The molecular weight excluding hydrogens is 237 g/mol. The lowest BCUT2D eigenvalue weighted by molar-refractivity contribution is 0.192. The lowest BCUT2D eigenvalue weighted by atomic mass is 9.68. The van der Waals surface area contributed by atoms with E-state index in [1.165, 1.54) is 24.8 Å². The van der Waals surface area contributed by atoms with Crippen molar-refractivity contribution in [1.29, 1.82) is 0 Å². The number of hydrogen-bond acceptors (Lipinski definition) is 1. The summed E-state index contributed by atoms with van der Waals surface area (Å²) >= 11 is 0. The molecule has 1 fully saturated rings. The minimum Gasteiger partial charge on any atom is -0.319 e. The van der Waals surface area contributed by atoms with Crippen molar-refractivity contribution in [3.63, 3.8) is 0 Å². The van der Waals surface area contributed by atoms with Crippen LogP contribution in [0.25, 0.3) is 0 Å². The Morgan fingerprint density at radius 2 is 1.89 bits per heavy atom. The zero-order valence-electron chi connectivity index (χ0n) is 12.3. The quantitative estimate of drug-likeness (QED) is 0.858. The molecule has 0 bridgehead atoms. The number of nitrogens with one attached hydrogen (secondary N) is 1. The Kier molecular flexibility index (Phi) is 4.98. The second-order valence-corrected chi connectivity index (χ2v) is 6.29. The Labute approximate surface area is 116 Å². The van der Waals surface area contributed by atoms with E-state index in [1.54, 1.807) is 12.1 Å². The van der Waals surface area contributed by atoms with Crippen molar-refractivity contribution in [2.45, 2.75) is 39.0 Å². The van der Waals surface area contributed by atoms with Crippen molar-refractivity contribution in [3.8, 4) is 0 Å². The van der Waals surface area contributed by atoms with E-state index in [9.17, 15) is 4.39 Å². The maximum Gasteiger partial charge on any atom is 0.123 e. The smallest absolute Gasteiger partial charge is 0.123 e. The molecule has 0 amide bonds. The highest BCUT2D eigenvalue weighted by atomic mass is 19.1. The van der Waals surface area contributed by atoms with E-state index < -0.39 is 0 Å². The van der Waals surface area contributed by atoms with E-state index in [2.05, 4.69) is 19.2 Å². The molecule has 3 atom stereocenters. The third-order valence-electron chi connectivity index (χ3n) is 4.74. The summed E-state index contributed by atoms with van der Waals surface area (Å²) in [4.78, 5) is 0. The minimum atomic E-state index is -0.134. The Morgan fingerprint density at radius 1 is 1.21 bits per heavy atom. The zero-order valence-corrected chi connectivity index (χ0v) is 12.3. The molecule has 1 saturated carbocycles. The summed E-state index contributed by atoms with van der Waals surface area (Å²) < 4.78 is 13.1. The first kappa shape index (κ1) is 14.5. The predicted molar refractivity (Wildman–Crippen MR) is 78.7 cm³/mol. The molecule has 1 aromatic carbocycles. The maximum atomic E-state index is 13.1. The van der Waals surface area contributed by atoms with E-state index in [0.717, 1.165) is 18.4 Å². The van der Waals surface area contributed by atoms with Gasteiger partial charge in [0.15, 0.2) is 0 Å². The first-order valence-corrected chi connectivity index (χ1v) is 7.52. The molecule has 1 aliphatic carbocycles. The highest BCUT2D eigenvalue weighted by molar-refractivity contribution is 5.22. The lowest BCUT2D eigenvalue weighted by Crippen LogP contribution is -2.32. The third kappa shape index (κ3) is 3.56. The second kappa shape index (κ2) is 6.51. The maximum absolute atomic E-state index is 13.1. The summed E-state index contributed by atoms with van der Waals surface area (Å²) in [7, 11) is 2.02. The second-order valence-electron chi connectivity index (χ2n) is 6.29. The van der Waals surface area contributed by atoms with Gasteiger partial charge in [-0.05, 0) is 74.2 Å². The Hall–Kier alpha value is -0.890. The van der Waals surface area contributed by atoms with Crippen molar-refractivity contribution in [3.05, 3.63) is 35.6 Å². The van der Waals surface area contributed by atoms with Crippen LogP contribution in [0.5, 0.6) is 0 Å². The summed E-state index contributed by atoms with van der Waals surface area (Å²) in [5.74, 6) is 2.69. The SMILES string of the molecule is CNCC1CCC(C(C)C)CC1c1ccc(F)cc1. The molecule has 0 heterocycles. The lowest BCUT2D eigenvalue weighted by Gasteiger charge is -2.38. The monoisotopic (exact) mass is 263 g/mol. The van der Waals surface area contributed by atoms with Gasteiger partial charge in [0, 0.05) is 0 Å². The Balaban J connectivity index is 2.17. The largest absolute Gasteiger partial charge is 0.319 e. The number of benzene rings is 1. The van der Waals surface area contributed by atoms with Crippen LogP contribution in [-0.4, -0.2) is 13.6 Å². The molecule has 0 aromatic heterocycles. The molecule has 1 aromatic rings. The molecule has 0 spiro atoms. The average Bonchev–Trinajstić information content (AvgIpc) is 2.40. The summed E-state index contributed by atoms with van der Waals surface area (Å²) in [6.45, 7) is 5.71. The molecule has 1 N–H and O–H groups in total. The molecule has 0 aliphatic heterocycles. The van der Waals surface area contributed by atoms with Crippen molar-refractivity contribution in [1.82, 2.24) is 5.32 Å². The Morgan fingerprint density at radius 3 is 2.47 bits per heavy atom. The molecule has 2 heteroatoms. The van der Waals surface area contributed by atoms with Crippen LogP contribution in [0.1, 0.15) is 44.6 Å². The summed E-state index contributed by atoms with van der Waals surface area (Å²) in [5, 5.41) is 3.32. The van der Waals surface area contributed by atoms with Crippen LogP contribution in [0, 0.1) is 23.6 Å². The van der Waals surface area contributed by atoms with Crippen LogP contribution in [0.4, 0.5) is 4.39 Å². The van der Waals surface area contributed by atoms with Crippen LogP contribution in [-0.2, 0) is 0 Å². The van der Waals surface area contributed by atoms with E-state index in [0.29, 0.717) is 11.8 Å². The normalized spacial score (nSPS) is 27.7. The molecule has 1 nitrogen and oxygen atoms in total. The van der Waals surface area contributed by atoms with E-state index in [-0.39, 0.29) is 5.82 Å². The Bertz CT molecular complexity index is 385. The summed E-state index contributed by atoms with van der Waals surface area (Å²) in [5.41, 5.74) is 1.31. The number of hydrogen-bond donors (Lipinski definition) is 1. The molecule has 3 unspecified atom stereocenters. The van der Waals surface area contributed by atoms with E-state index in [1.807, 2.05) is 19.2 Å². The molecule has 106 valence electrons. The van der Waals surface area contributed by atoms with Gasteiger partial charge in [0.2, 0.25) is 0 Å². The van der Waals surface area contributed by atoms with Crippen LogP contribution in [0.15, 0.2) is 24.3 Å². The third-order valence-corrected chi connectivity index (χ3v) is 4.74. The van der Waals surface area contributed by atoms with Crippen LogP contribution in [0.2, 0.25) is 0 Å². The highest BCUT2D eigenvalue weighted by Gasteiger charge is 2.32. The van der Waals surface area contributed by atoms with Gasteiger partial charge in [0.05, 0.1) is 0 Å². The first-order chi connectivity index (χ1) is 9.11. The van der Waals surface area contributed by atoms with Crippen molar-refractivity contribution < 1.29 is 4.39 Å². The van der Waals surface area contributed by atoms with Gasteiger partial charge >= 0.3 is 0 Å². The van der Waals surface area contributed by atoms with Gasteiger partial charge in [0.1, 0.15) is 5.82 Å². The van der Waals surface area contributed by atoms with Crippen molar-refractivity contribution >= 4 is 0 Å². The standard InChI is InChI=1S/C17H26FN/c1-12(2)14-4-5-15(11-19-3)17(10-14)13-6-8-16(18)9-7-13/h6-9,12,14-15,17,19H,4-5,10-11H2,1-3H3. The van der Waals surface area contributed by atoms with Gasteiger partial charge in [-0.15, -0.1) is 0 Å². The first-order valence-electron chi connectivity index (χ1n) is 7.52. The van der Waals surface area contributed by atoms with Crippen molar-refractivity contribution in [2.24, 2.45) is 17.8 Å². The fourth-order valence-corrected chi connectivity index (χ4v) is 3.50. The van der Waals surface area contributed by atoms with Gasteiger partial charge in [-0.1, -0.05) is 26.0 Å². The molecule has 0 radical (unpaired) electrons. The average molecular weight is 263 g/mol. The molecule has 19 heavy (non-hydrogen) atoms. The molecule has 0 saturated heterocycles. The summed E-state index contributed by atoms with van der Waals surface area (Å²) in [6.07, 6.45) is 3.86. The number of halogens is 1. The van der Waals surface area contributed by atoms with Crippen molar-refractivity contribution in [2.75, 3.05) is 13.6 Å². The van der Waals surface area contributed by atoms with Crippen LogP contribution >= 0.6 is 0 Å². The van der Waals surface area contributed by atoms with Crippen LogP contribution < -0.4 is 5.32 Å². The number of rotatable bonds is 4. The van der Waals surface area contributed by atoms with Gasteiger partial charge < -0.3 is 5.32 Å². The van der Waals surface area contributed by atoms with Gasteiger partial charge in [0.25, 0.3) is 0 Å². The summed E-state index contributed by atoms with van der Waals surface area (Å²) in [6, 6.07) is 7.16. The van der Waals surface area contributed by atoms with Gasteiger partial charge in [-0.3, -0.25) is 0 Å². The fourth-order valence-electron chi connectivity index (χ4n) is 3.50. The zero-order chi connectivity index (χ0) is 13.8. The minimum absolute atomic E-state index is 0.134. The molecule has 2 rings (SSSR count). The van der Waals surface area contributed by atoms with Gasteiger partial charge in [-0.2, -0.15) is 0 Å². The predicted octanol–water partition coefficient (Wildman–Crippen LogP) is 4.20. The fraction of sp³-hybridized carbons (Fsp3) is 0.647. The molecule has 1 aliphatic rings. The van der Waals surface area contributed by atoms with Crippen LogP contribution in [0.3, 0.4) is 0 Å².